The summed E-state index contributed by atoms with van der Waals surface area (Å²) in [6.45, 7) is 2.29. The highest BCUT2D eigenvalue weighted by Crippen LogP contribution is 2.27. The zero-order chi connectivity index (χ0) is 16.3. The number of aryl methyl sites for hydroxylation is 1. The van der Waals surface area contributed by atoms with E-state index in [-0.39, 0.29) is 0 Å². The fraction of sp³-hybridized carbons (Fsp3) is 0.562. The number of rotatable bonds is 5. The minimum atomic E-state index is -0.769. The largest absolute Gasteiger partial charge is 0.496 e. The first-order valence-corrected chi connectivity index (χ1v) is 7.84. The Morgan fingerprint density at radius 2 is 2.30 bits per heavy atom. The summed E-state index contributed by atoms with van der Waals surface area (Å²) in [5.41, 5.74) is 0.270. The van der Waals surface area contributed by atoms with Crippen molar-refractivity contribution in [3.05, 3.63) is 36.2 Å². The Kier molecular flexibility index (Phi) is 4.58. The van der Waals surface area contributed by atoms with Crippen LogP contribution in [-0.4, -0.2) is 55.6 Å². The van der Waals surface area contributed by atoms with E-state index in [0.29, 0.717) is 13.0 Å². The zero-order valence-electron chi connectivity index (χ0n) is 13.6. The maximum atomic E-state index is 11.0. The first-order valence-electron chi connectivity index (χ1n) is 7.84. The van der Waals surface area contributed by atoms with Gasteiger partial charge in [-0.15, -0.1) is 10.2 Å². The van der Waals surface area contributed by atoms with Gasteiger partial charge in [-0.1, -0.05) is 0 Å². The van der Waals surface area contributed by atoms with Gasteiger partial charge in [0, 0.05) is 44.5 Å². The summed E-state index contributed by atoms with van der Waals surface area (Å²) in [6.07, 6.45) is 7.47. The predicted octanol–water partition coefficient (Wildman–Crippen LogP) is 0.788. The number of ether oxygens (including phenoxy) is 1. The SMILES string of the molecule is COc1ccncc1CN1CCCC(O)(Cc2nncn2C)C1. The van der Waals surface area contributed by atoms with Crippen LogP contribution >= 0.6 is 0 Å². The minimum absolute atomic E-state index is 0.518. The van der Waals surface area contributed by atoms with Crippen molar-refractivity contribution in [2.75, 3.05) is 20.2 Å². The molecule has 7 heteroatoms. The Labute approximate surface area is 135 Å². The van der Waals surface area contributed by atoms with Crippen LogP contribution < -0.4 is 4.74 Å². The van der Waals surface area contributed by atoms with Gasteiger partial charge in [0.25, 0.3) is 0 Å². The lowest BCUT2D eigenvalue weighted by molar-refractivity contribution is -0.0346. The molecule has 2 aromatic rings. The maximum absolute atomic E-state index is 11.0. The molecule has 124 valence electrons. The van der Waals surface area contributed by atoms with Crippen molar-refractivity contribution in [3.8, 4) is 5.75 Å². The highest BCUT2D eigenvalue weighted by Gasteiger charge is 2.34. The average molecular weight is 317 g/mol. The highest BCUT2D eigenvalue weighted by molar-refractivity contribution is 5.29. The first kappa shape index (κ1) is 15.9. The van der Waals surface area contributed by atoms with Crippen LogP contribution in [0.2, 0.25) is 0 Å². The van der Waals surface area contributed by atoms with Gasteiger partial charge < -0.3 is 14.4 Å². The van der Waals surface area contributed by atoms with Gasteiger partial charge in [0.2, 0.25) is 0 Å². The molecule has 1 aliphatic rings. The van der Waals surface area contributed by atoms with Crippen LogP contribution in [0.3, 0.4) is 0 Å². The third kappa shape index (κ3) is 3.68. The third-order valence-electron chi connectivity index (χ3n) is 4.40. The number of hydrogen-bond donors (Lipinski definition) is 1. The molecule has 1 unspecified atom stereocenters. The van der Waals surface area contributed by atoms with Gasteiger partial charge in [0.05, 0.1) is 12.7 Å². The smallest absolute Gasteiger partial charge is 0.135 e. The van der Waals surface area contributed by atoms with Crippen LogP contribution in [0, 0.1) is 0 Å². The molecule has 1 saturated heterocycles. The number of piperidine rings is 1. The van der Waals surface area contributed by atoms with E-state index in [4.69, 9.17) is 4.74 Å². The van der Waals surface area contributed by atoms with Crippen molar-refractivity contribution in [1.82, 2.24) is 24.6 Å². The van der Waals surface area contributed by atoms with E-state index < -0.39 is 5.60 Å². The molecule has 1 fully saturated rings. The Morgan fingerprint density at radius 1 is 1.43 bits per heavy atom. The fourth-order valence-corrected chi connectivity index (χ4v) is 3.22. The Balaban J connectivity index is 1.69. The minimum Gasteiger partial charge on any atom is -0.496 e. The Hall–Kier alpha value is -1.99. The first-order chi connectivity index (χ1) is 11.1. The van der Waals surface area contributed by atoms with Gasteiger partial charge in [-0.25, -0.2) is 0 Å². The van der Waals surface area contributed by atoms with Crippen LogP contribution in [0.4, 0.5) is 0 Å². The van der Waals surface area contributed by atoms with Gasteiger partial charge in [-0.3, -0.25) is 9.88 Å². The second kappa shape index (κ2) is 6.64. The average Bonchev–Trinajstić information content (AvgIpc) is 2.92. The standard InChI is InChI=1S/C16H23N5O2/c1-20-12-18-19-15(20)8-16(22)5-3-7-21(11-16)10-13-9-17-6-4-14(13)23-2/h4,6,9,12,22H,3,5,7-8,10-11H2,1-2H3. The molecular weight excluding hydrogens is 294 g/mol. The molecule has 2 aromatic heterocycles. The Morgan fingerprint density at radius 3 is 3.04 bits per heavy atom. The van der Waals surface area contributed by atoms with Crippen LogP contribution in [-0.2, 0) is 20.0 Å². The molecule has 0 amide bonds. The van der Waals surface area contributed by atoms with Crippen molar-refractivity contribution in [3.63, 3.8) is 0 Å². The lowest BCUT2D eigenvalue weighted by Crippen LogP contribution is -2.49. The van der Waals surface area contributed by atoms with E-state index in [1.165, 1.54) is 0 Å². The molecular formula is C16H23N5O2. The fourth-order valence-electron chi connectivity index (χ4n) is 3.22. The molecule has 0 radical (unpaired) electrons. The lowest BCUT2D eigenvalue weighted by atomic mass is 9.89. The van der Waals surface area contributed by atoms with E-state index in [0.717, 1.165) is 43.1 Å². The molecule has 0 bridgehead atoms. The number of aliphatic hydroxyl groups is 1. The molecule has 3 heterocycles. The highest BCUT2D eigenvalue weighted by atomic mass is 16.5. The molecule has 1 atom stereocenters. The summed E-state index contributed by atoms with van der Waals surface area (Å²) in [5, 5.41) is 19.0. The van der Waals surface area contributed by atoms with Gasteiger partial charge in [-0.2, -0.15) is 0 Å². The molecule has 0 spiro atoms. The number of pyridine rings is 1. The molecule has 0 saturated carbocycles. The van der Waals surface area contributed by atoms with Crippen molar-refractivity contribution in [2.24, 2.45) is 7.05 Å². The molecule has 0 aliphatic carbocycles. The summed E-state index contributed by atoms with van der Waals surface area (Å²) >= 11 is 0. The summed E-state index contributed by atoms with van der Waals surface area (Å²) in [4.78, 5) is 6.43. The number of hydrogen-bond acceptors (Lipinski definition) is 6. The van der Waals surface area contributed by atoms with Gasteiger partial charge >= 0.3 is 0 Å². The molecule has 3 rings (SSSR count). The summed E-state index contributed by atoms with van der Waals surface area (Å²) in [5.74, 6) is 1.65. The maximum Gasteiger partial charge on any atom is 0.135 e. The predicted molar refractivity (Wildman–Crippen MR) is 85.0 cm³/mol. The summed E-state index contributed by atoms with van der Waals surface area (Å²) < 4.78 is 7.25. The molecule has 0 aromatic carbocycles. The molecule has 7 nitrogen and oxygen atoms in total. The van der Waals surface area contributed by atoms with Crippen LogP contribution in [0.5, 0.6) is 5.75 Å². The van der Waals surface area contributed by atoms with Crippen molar-refractivity contribution >= 4 is 0 Å². The number of likely N-dealkylation sites (tertiary alicyclic amines) is 1. The number of β-amino-alcohol motifs (C(OH)–C–C–N with tert-alkyl or cyclic N) is 1. The Bertz CT molecular complexity index is 659. The second-order valence-electron chi connectivity index (χ2n) is 6.26. The zero-order valence-corrected chi connectivity index (χ0v) is 13.6. The van der Waals surface area contributed by atoms with E-state index in [2.05, 4.69) is 20.1 Å². The monoisotopic (exact) mass is 317 g/mol. The topological polar surface area (TPSA) is 76.3 Å². The lowest BCUT2D eigenvalue weighted by Gasteiger charge is -2.39. The third-order valence-corrected chi connectivity index (χ3v) is 4.40. The van der Waals surface area contributed by atoms with Crippen LogP contribution in [0.15, 0.2) is 24.8 Å². The second-order valence-corrected chi connectivity index (χ2v) is 6.26. The van der Waals surface area contributed by atoms with Crippen molar-refractivity contribution < 1.29 is 9.84 Å². The van der Waals surface area contributed by atoms with Gasteiger partial charge in [0.1, 0.15) is 17.9 Å². The normalized spacial score (nSPS) is 22.2. The summed E-state index contributed by atoms with van der Waals surface area (Å²) in [7, 11) is 3.57. The van der Waals surface area contributed by atoms with Crippen LogP contribution in [0.25, 0.3) is 0 Å². The van der Waals surface area contributed by atoms with Crippen molar-refractivity contribution in [2.45, 2.75) is 31.4 Å². The summed E-state index contributed by atoms with van der Waals surface area (Å²) in [6, 6.07) is 1.87. The quantitative estimate of drug-likeness (QED) is 0.878. The molecule has 1 aliphatic heterocycles. The number of methoxy groups -OCH3 is 1. The van der Waals surface area contributed by atoms with E-state index in [1.54, 1.807) is 19.6 Å². The van der Waals surface area contributed by atoms with Gasteiger partial charge in [0.15, 0.2) is 0 Å². The van der Waals surface area contributed by atoms with Gasteiger partial charge in [-0.05, 0) is 25.5 Å². The number of aromatic nitrogens is 4. The molecule has 1 N–H and O–H groups in total. The molecule has 23 heavy (non-hydrogen) atoms. The van der Waals surface area contributed by atoms with E-state index in [9.17, 15) is 5.11 Å². The van der Waals surface area contributed by atoms with Crippen molar-refractivity contribution in [1.29, 1.82) is 0 Å². The van der Waals surface area contributed by atoms with Crippen LogP contribution in [0.1, 0.15) is 24.2 Å². The van der Waals surface area contributed by atoms with E-state index in [1.807, 2.05) is 23.9 Å². The van der Waals surface area contributed by atoms with E-state index >= 15 is 0 Å². The number of nitrogens with zero attached hydrogens (tertiary/aromatic N) is 5.